The molecule has 0 aromatic rings. The van der Waals surface area contributed by atoms with Crippen LogP contribution in [0, 0.1) is 0 Å². The molecule has 0 fully saturated rings. The van der Waals surface area contributed by atoms with Gasteiger partial charge in [-0.2, -0.15) is 4.99 Å². The first-order valence-corrected chi connectivity index (χ1v) is 5.44. The van der Waals surface area contributed by atoms with Crippen molar-refractivity contribution in [1.82, 2.24) is 4.90 Å². The highest BCUT2D eigenvalue weighted by atomic mass is 32.2. The van der Waals surface area contributed by atoms with Gasteiger partial charge in [0, 0.05) is 14.1 Å². The van der Waals surface area contributed by atoms with Gasteiger partial charge in [-0.1, -0.05) is 0 Å². The number of hydrogen-bond acceptors (Lipinski definition) is 3. The number of thioether (sulfide) groups is 2. The van der Waals surface area contributed by atoms with Gasteiger partial charge in [-0.05, 0) is 12.5 Å². The molecular weight excluding hydrogens is 180 g/mol. The molecule has 0 heterocycles. The molecule has 0 atom stereocenters. The van der Waals surface area contributed by atoms with E-state index in [1.807, 2.05) is 12.5 Å². The molecule has 11 heavy (non-hydrogen) atoms. The molecule has 0 radical (unpaired) electrons. The maximum atomic E-state index is 11.0. The maximum absolute atomic E-state index is 11.0. The van der Waals surface area contributed by atoms with E-state index in [1.165, 1.54) is 28.4 Å². The van der Waals surface area contributed by atoms with Crippen molar-refractivity contribution >= 4 is 33.9 Å². The number of urea groups is 1. The van der Waals surface area contributed by atoms with Crippen LogP contribution in [-0.4, -0.2) is 41.9 Å². The molecule has 0 bridgehead atoms. The molecule has 0 aliphatic rings. The Morgan fingerprint density at radius 2 is 1.73 bits per heavy atom. The lowest BCUT2D eigenvalue weighted by molar-refractivity contribution is 0.227. The van der Waals surface area contributed by atoms with Gasteiger partial charge in [-0.15, -0.1) is 23.5 Å². The number of aliphatic imine (C=N–C) groups is 1. The lowest BCUT2D eigenvalue weighted by Gasteiger charge is -2.05. The van der Waals surface area contributed by atoms with Crippen LogP contribution in [0.15, 0.2) is 4.99 Å². The van der Waals surface area contributed by atoms with Crippen molar-refractivity contribution in [3.63, 3.8) is 0 Å². The largest absolute Gasteiger partial charge is 0.344 e. The predicted octanol–water partition coefficient (Wildman–Crippen LogP) is 1.75. The van der Waals surface area contributed by atoms with Gasteiger partial charge in [0.25, 0.3) is 0 Å². The average Bonchev–Trinajstić information content (AvgIpc) is 1.99. The van der Waals surface area contributed by atoms with Crippen molar-refractivity contribution in [1.29, 1.82) is 0 Å². The minimum Gasteiger partial charge on any atom is -0.329 e. The normalized spacial score (nSPS) is 9.09. The van der Waals surface area contributed by atoms with Crippen LogP contribution in [0.5, 0.6) is 0 Å². The summed E-state index contributed by atoms with van der Waals surface area (Å²) < 4.78 is 0.795. The summed E-state index contributed by atoms with van der Waals surface area (Å²) in [5.74, 6) is 0. The van der Waals surface area contributed by atoms with Crippen molar-refractivity contribution in [2.75, 3.05) is 26.6 Å². The maximum Gasteiger partial charge on any atom is 0.344 e. The summed E-state index contributed by atoms with van der Waals surface area (Å²) >= 11 is 2.96. The third kappa shape index (κ3) is 4.31. The van der Waals surface area contributed by atoms with Gasteiger partial charge in [0.2, 0.25) is 0 Å². The van der Waals surface area contributed by atoms with Crippen LogP contribution >= 0.6 is 23.5 Å². The molecule has 0 spiro atoms. The Bertz CT molecular complexity index is 162. The Kier molecular flexibility index (Phi) is 5.41. The molecule has 0 saturated heterocycles. The van der Waals surface area contributed by atoms with Crippen molar-refractivity contribution in [2.45, 2.75) is 0 Å². The van der Waals surface area contributed by atoms with Crippen molar-refractivity contribution in [2.24, 2.45) is 4.99 Å². The summed E-state index contributed by atoms with van der Waals surface area (Å²) in [7, 11) is 3.37. The van der Waals surface area contributed by atoms with Gasteiger partial charge in [0.05, 0.1) is 0 Å². The molecule has 64 valence electrons. The van der Waals surface area contributed by atoms with Crippen LogP contribution in [0.2, 0.25) is 0 Å². The van der Waals surface area contributed by atoms with Crippen molar-refractivity contribution < 1.29 is 4.79 Å². The monoisotopic (exact) mass is 192 g/mol. The fourth-order valence-corrected chi connectivity index (χ4v) is 1.36. The Morgan fingerprint density at radius 3 is 2.00 bits per heavy atom. The molecular formula is C6H12N2OS2. The molecule has 0 aromatic heterocycles. The first kappa shape index (κ1) is 10.8. The van der Waals surface area contributed by atoms with E-state index in [0.717, 1.165) is 4.38 Å². The molecule has 2 amide bonds. The minimum atomic E-state index is -0.205. The second kappa shape index (κ2) is 5.49. The average molecular weight is 192 g/mol. The summed E-state index contributed by atoms with van der Waals surface area (Å²) in [6.45, 7) is 0. The Hall–Kier alpha value is -0.160. The zero-order chi connectivity index (χ0) is 8.85. The number of carbonyl (C=O) groups is 1. The lowest BCUT2D eigenvalue weighted by Crippen LogP contribution is -2.18. The number of hydrogen-bond donors (Lipinski definition) is 0. The second-order valence-electron chi connectivity index (χ2n) is 1.96. The smallest absolute Gasteiger partial charge is 0.329 e. The van der Waals surface area contributed by atoms with E-state index in [-0.39, 0.29) is 6.03 Å². The third-order valence-corrected chi connectivity index (χ3v) is 2.80. The van der Waals surface area contributed by atoms with E-state index < -0.39 is 0 Å². The zero-order valence-corrected chi connectivity index (χ0v) is 8.75. The highest BCUT2D eigenvalue weighted by molar-refractivity contribution is 8.38. The summed E-state index contributed by atoms with van der Waals surface area (Å²) in [5.41, 5.74) is 0. The van der Waals surface area contributed by atoms with Gasteiger partial charge < -0.3 is 4.90 Å². The number of nitrogens with zero attached hydrogens (tertiary/aromatic N) is 2. The minimum absolute atomic E-state index is 0.205. The fourth-order valence-electron chi connectivity index (χ4n) is 0.353. The Labute approximate surface area is 75.6 Å². The van der Waals surface area contributed by atoms with Crippen LogP contribution in [-0.2, 0) is 0 Å². The fraction of sp³-hybridized carbons (Fsp3) is 0.667. The summed E-state index contributed by atoms with van der Waals surface area (Å²) in [6, 6.07) is -0.205. The first-order chi connectivity index (χ1) is 5.11. The molecule has 0 aliphatic carbocycles. The van der Waals surface area contributed by atoms with Gasteiger partial charge >= 0.3 is 6.03 Å². The van der Waals surface area contributed by atoms with Gasteiger partial charge in [0.15, 0.2) is 0 Å². The highest BCUT2D eigenvalue weighted by Gasteiger charge is 2.02. The number of rotatable bonds is 0. The Balaban J connectivity index is 4.15. The topological polar surface area (TPSA) is 32.7 Å². The molecule has 5 heteroatoms. The molecule has 0 aliphatic heterocycles. The second-order valence-corrected chi connectivity index (χ2v) is 3.81. The molecule has 0 aromatic carbocycles. The van der Waals surface area contributed by atoms with Gasteiger partial charge in [-0.3, -0.25) is 0 Å². The van der Waals surface area contributed by atoms with E-state index in [0.29, 0.717) is 0 Å². The third-order valence-electron chi connectivity index (χ3n) is 0.919. The summed E-state index contributed by atoms with van der Waals surface area (Å²) in [4.78, 5) is 16.3. The van der Waals surface area contributed by atoms with Crippen LogP contribution in [0.1, 0.15) is 0 Å². The van der Waals surface area contributed by atoms with Crippen LogP contribution in [0.4, 0.5) is 4.79 Å². The van der Waals surface area contributed by atoms with E-state index >= 15 is 0 Å². The van der Waals surface area contributed by atoms with E-state index in [1.54, 1.807) is 14.1 Å². The predicted molar refractivity (Wildman–Crippen MR) is 53.5 cm³/mol. The van der Waals surface area contributed by atoms with E-state index in [2.05, 4.69) is 4.99 Å². The lowest BCUT2D eigenvalue weighted by atomic mass is 10.8. The van der Waals surface area contributed by atoms with Crippen molar-refractivity contribution in [3.05, 3.63) is 0 Å². The van der Waals surface area contributed by atoms with E-state index in [9.17, 15) is 4.79 Å². The number of amides is 2. The first-order valence-electron chi connectivity index (χ1n) is 2.99. The molecule has 0 N–H and O–H groups in total. The van der Waals surface area contributed by atoms with Crippen LogP contribution in [0.25, 0.3) is 0 Å². The number of carbonyl (C=O) groups excluding carboxylic acids is 1. The molecule has 0 rings (SSSR count). The standard InChI is InChI=1S/C6H12N2OS2/c1-8(2)5(9)7-6(10-3)11-4/h1-4H3. The SMILES string of the molecule is CSC(=NC(=O)N(C)C)SC. The Morgan fingerprint density at radius 1 is 1.27 bits per heavy atom. The van der Waals surface area contributed by atoms with Crippen LogP contribution < -0.4 is 0 Å². The quantitative estimate of drug-likeness (QED) is 0.433. The van der Waals surface area contributed by atoms with Crippen molar-refractivity contribution in [3.8, 4) is 0 Å². The summed E-state index contributed by atoms with van der Waals surface area (Å²) in [6.07, 6.45) is 3.80. The molecule has 0 saturated carbocycles. The highest BCUT2D eigenvalue weighted by Crippen LogP contribution is 2.10. The molecule has 0 unspecified atom stereocenters. The van der Waals surface area contributed by atoms with Gasteiger partial charge in [0.1, 0.15) is 4.38 Å². The zero-order valence-electron chi connectivity index (χ0n) is 7.12. The van der Waals surface area contributed by atoms with Gasteiger partial charge in [-0.25, -0.2) is 4.79 Å². The summed E-state index contributed by atoms with van der Waals surface area (Å²) in [5, 5.41) is 0. The molecule has 3 nitrogen and oxygen atoms in total. The van der Waals surface area contributed by atoms with E-state index in [4.69, 9.17) is 0 Å². The van der Waals surface area contributed by atoms with Crippen LogP contribution in [0.3, 0.4) is 0 Å².